The van der Waals surface area contributed by atoms with Gasteiger partial charge in [-0.1, -0.05) is 54.4 Å². The fraction of sp³-hybridized carbons (Fsp3) is 0.967. The molecule has 0 aromatic rings. The summed E-state index contributed by atoms with van der Waals surface area (Å²) in [5, 5.41) is 0. The maximum Gasteiger partial charge on any atom is 0.293 e. The van der Waals surface area contributed by atoms with Crippen LogP contribution in [0.15, 0.2) is 0 Å². The Hall–Kier alpha value is -0.530. The van der Waals surface area contributed by atoms with Crippen molar-refractivity contribution in [2.75, 3.05) is 0 Å². The van der Waals surface area contributed by atoms with E-state index in [1.807, 2.05) is 0 Å². The third kappa shape index (κ3) is 4.19. The van der Waals surface area contributed by atoms with E-state index in [1.165, 1.54) is 64.2 Å². The lowest BCUT2D eigenvalue weighted by molar-refractivity contribution is -0.151. The summed E-state index contributed by atoms with van der Waals surface area (Å²) in [4.78, 5) is 10.9. The summed E-state index contributed by atoms with van der Waals surface area (Å²) < 4.78 is 5.42. The molecule has 0 heterocycles. The van der Waals surface area contributed by atoms with Crippen molar-refractivity contribution in [3.8, 4) is 0 Å². The molecule has 0 saturated heterocycles. The summed E-state index contributed by atoms with van der Waals surface area (Å²) in [5.74, 6) is 7.17. The first-order valence-electron chi connectivity index (χ1n) is 14.3. The van der Waals surface area contributed by atoms with Crippen molar-refractivity contribution in [2.24, 2.45) is 58.2 Å². The van der Waals surface area contributed by atoms with E-state index in [4.69, 9.17) is 4.74 Å². The van der Waals surface area contributed by atoms with Gasteiger partial charge in [-0.25, -0.2) is 0 Å². The van der Waals surface area contributed by atoms with Gasteiger partial charge in [0.05, 0.1) is 0 Å². The van der Waals surface area contributed by atoms with E-state index in [2.05, 4.69) is 41.5 Å². The Morgan fingerprint density at radius 3 is 2.31 bits per heavy atom. The molecule has 4 aliphatic rings. The molecule has 0 aromatic carbocycles. The van der Waals surface area contributed by atoms with Crippen LogP contribution in [0, 0.1) is 58.2 Å². The molecule has 0 unspecified atom stereocenters. The van der Waals surface area contributed by atoms with Gasteiger partial charge in [0.1, 0.15) is 6.10 Å². The summed E-state index contributed by atoms with van der Waals surface area (Å²) in [7, 11) is 0. The van der Waals surface area contributed by atoms with E-state index < -0.39 is 0 Å². The number of carbonyl (C=O) groups excluding carboxylic acids is 1. The highest BCUT2D eigenvalue weighted by Crippen LogP contribution is 2.68. The Morgan fingerprint density at radius 1 is 0.906 bits per heavy atom. The molecule has 2 nitrogen and oxygen atoms in total. The van der Waals surface area contributed by atoms with Gasteiger partial charge in [-0.2, -0.15) is 0 Å². The highest BCUT2D eigenvalue weighted by Gasteiger charge is 2.60. The van der Waals surface area contributed by atoms with Gasteiger partial charge in [-0.3, -0.25) is 4.79 Å². The maximum absolute atomic E-state index is 10.9. The number of hydrogen-bond acceptors (Lipinski definition) is 2. The number of hydrogen-bond donors (Lipinski definition) is 0. The minimum absolute atomic E-state index is 0.186. The summed E-state index contributed by atoms with van der Waals surface area (Å²) in [5.41, 5.74) is 1.07. The number of rotatable bonds is 8. The lowest BCUT2D eigenvalue weighted by Crippen LogP contribution is -2.54. The normalized spacial score (nSPS) is 45.5. The SMILES string of the molecule is CC[C@H](CC[C@@H](C)[C@H]1CC[C@H]2[C@H]3CC[C@H]4C[C@@H](OC=O)CC[C@]4(C)[C@H]3CC[C@]12C)C(C)C. The van der Waals surface area contributed by atoms with Gasteiger partial charge in [0.15, 0.2) is 0 Å². The van der Waals surface area contributed by atoms with Gasteiger partial charge < -0.3 is 4.74 Å². The predicted molar refractivity (Wildman–Crippen MR) is 133 cm³/mol. The van der Waals surface area contributed by atoms with Crippen LogP contribution in [0.4, 0.5) is 0 Å². The molecular formula is C30H52O2. The minimum atomic E-state index is 0.186. The first-order valence-corrected chi connectivity index (χ1v) is 14.3. The predicted octanol–water partition coefficient (Wildman–Crippen LogP) is 8.29. The molecule has 0 radical (unpaired) electrons. The van der Waals surface area contributed by atoms with Crippen LogP contribution in [0.1, 0.15) is 119 Å². The smallest absolute Gasteiger partial charge is 0.293 e. The molecule has 0 N–H and O–H groups in total. The molecular weight excluding hydrogens is 392 g/mol. The van der Waals surface area contributed by atoms with Crippen molar-refractivity contribution in [2.45, 2.75) is 125 Å². The minimum Gasteiger partial charge on any atom is -0.465 e. The van der Waals surface area contributed by atoms with Gasteiger partial charge >= 0.3 is 0 Å². The Balaban J connectivity index is 1.43. The van der Waals surface area contributed by atoms with Gasteiger partial charge in [-0.05, 0) is 122 Å². The third-order valence-electron chi connectivity index (χ3n) is 12.1. The zero-order valence-corrected chi connectivity index (χ0v) is 22.1. The van der Waals surface area contributed by atoms with Crippen molar-refractivity contribution >= 4 is 6.47 Å². The number of ether oxygens (including phenoxy) is 1. The van der Waals surface area contributed by atoms with Gasteiger partial charge in [0.25, 0.3) is 6.47 Å². The molecule has 0 spiro atoms. The second-order valence-corrected chi connectivity index (χ2v) is 13.5. The highest BCUT2D eigenvalue weighted by molar-refractivity contribution is 5.37. The first-order chi connectivity index (χ1) is 15.2. The third-order valence-corrected chi connectivity index (χ3v) is 12.1. The molecule has 4 fully saturated rings. The lowest BCUT2D eigenvalue weighted by Gasteiger charge is -2.61. The highest BCUT2D eigenvalue weighted by atomic mass is 16.5. The van der Waals surface area contributed by atoms with Crippen LogP contribution in [-0.4, -0.2) is 12.6 Å². The van der Waals surface area contributed by atoms with Crippen LogP contribution in [0.3, 0.4) is 0 Å². The Kier molecular flexibility index (Phi) is 7.39. The first kappa shape index (κ1) is 24.6. The van der Waals surface area contributed by atoms with E-state index in [0.717, 1.165) is 60.2 Å². The zero-order chi connectivity index (χ0) is 23.1. The quantitative estimate of drug-likeness (QED) is 0.352. The van der Waals surface area contributed by atoms with Crippen molar-refractivity contribution < 1.29 is 9.53 Å². The van der Waals surface area contributed by atoms with Crippen LogP contribution >= 0.6 is 0 Å². The summed E-state index contributed by atoms with van der Waals surface area (Å²) in [6.07, 6.45) is 16.6. The molecule has 2 heteroatoms. The molecule has 4 aliphatic carbocycles. The largest absolute Gasteiger partial charge is 0.465 e. The number of fused-ring (bicyclic) bond motifs is 5. The molecule has 10 atom stereocenters. The molecule has 184 valence electrons. The lowest BCUT2D eigenvalue weighted by atomic mass is 9.44. The molecule has 0 bridgehead atoms. The average Bonchev–Trinajstić information content (AvgIpc) is 3.11. The van der Waals surface area contributed by atoms with Crippen LogP contribution in [0.25, 0.3) is 0 Å². The van der Waals surface area contributed by atoms with Crippen molar-refractivity contribution in [1.82, 2.24) is 0 Å². The topological polar surface area (TPSA) is 26.3 Å². The van der Waals surface area contributed by atoms with E-state index in [-0.39, 0.29) is 6.10 Å². The summed E-state index contributed by atoms with van der Waals surface area (Å²) >= 11 is 0. The Morgan fingerprint density at radius 2 is 1.62 bits per heavy atom. The molecule has 4 rings (SSSR count). The van der Waals surface area contributed by atoms with Crippen LogP contribution in [0.2, 0.25) is 0 Å². The molecule has 4 saturated carbocycles. The molecule has 0 amide bonds. The molecule has 32 heavy (non-hydrogen) atoms. The molecule has 0 aromatic heterocycles. The maximum atomic E-state index is 10.9. The van der Waals surface area contributed by atoms with Crippen LogP contribution < -0.4 is 0 Å². The van der Waals surface area contributed by atoms with Gasteiger partial charge in [-0.15, -0.1) is 0 Å². The average molecular weight is 445 g/mol. The Labute approximate surface area is 199 Å². The van der Waals surface area contributed by atoms with E-state index in [9.17, 15) is 4.79 Å². The van der Waals surface area contributed by atoms with Gasteiger partial charge in [0, 0.05) is 0 Å². The second kappa shape index (κ2) is 9.61. The van der Waals surface area contributed by atoms with Crippen molar-refractivity contribution in [3.63, 3.8) is 0 Å². The van der Waals surface area contributed by atoms with Crippen LogP contribution in [-0.2, 0) is 9.53 Å². The zero-order valence-electron chi connectivity index (χ0n) is 22.1. The monoisotopic (exact) mass is 444 g/mol. The van der Waals surface area contributed by atoms with Gasteiger partial charge in [0.2, 0.25) is 0 Å². The standard InChI is InChI=1S/C30H52O2/c1-7-22(20(2)3)9-8-21(4)26-12-13-27-25-11-10-23-18-24(32-19-31)14-16-29(23,5)28(25)15-17-30(26,27)6/h19-28H,7-18H2,1-6H3/t21-,22-,23+,24+,25-,26-,27+,28+,29+,30-/m1/s1. The fourth-order valence-corrected chi connectivity index (χ4v) is 10.1. The Bertz CT molecular complexity index is 643. The van der Waals surface area contributed by atoms with E-state index in [0.29, 0.717) is 17.3 Å². The molecule has 0 aliphatic heterocycles. The second-order valence-electron chi connectivity index (χ2n) is 13.5. The van der Waals surface area contributed by atoms with E-state index in [1.54, 1.807) is 0 Å². The fourth-order valence-electron chi connectivity index (χ4n) is 10.1. The summed E-state index contributed by atoms with van der Waals surface area (Å²) in [6.45, 7) is 15.9. The van der Waals surface area contributed by atoms with Crippen LogP contribution in [0.5, 0.6) is 0 Å². The van der Waals surface area contributed by atoms with E-state index >= 15 is 0 Å². The number of carbonyl (C=O) groups is 1. The van der Waals surface area contributed by atoms with Crippen molar-refractivity contribution in [3.05, 3.63) is 0 Å². The van der Waals surface area contributed by atoms with Crippen molar-refractivity contribution in [1.29, 1.82) is 0 Å². The summed E-state index contributed by atoms with van der Waals surface area (Å²) in [6, 6.07) is 0.